The molecule has 100 valence electrons. The molecule has 1 atom stereocenters. The second-order valence-corrected chi connectivity index (χ2v) is 4.90. The highest BCUT2D eigenvalue weighted by Gasteiger charge is 2.31. The van der Waals surface area contributed by atoms with Gasteiger partial charge < -0.3 is 15.8 Å². The van der Waals surface area contributed by atoms with Gasteiger partial charge in [-0.15, -0.1) is 0 Å². The summed E-state index contributed by atoms with van der Waals surface area (Å²) < 4.78 is 5.32. The monoisotopic (exact) mass is 258 g/mol. The standard InChI is InChI=1S/C15H18N2O2/c1-15(7-9-19-11-15)17-14(18)13-6-2-4-12(10-13)5-3-8-16/h2,4,6,10H,7-9,11,16H2,1H3,(H,17,18). The van der Waals surface area contributed by atoms with Crippen LogP contribution in [0.5, 0.6) is 0 Å². The third-order valence-electron chi connectivity index (χ3n) is 3.09. The molecule has 2 rings (SSSR count). The molecule has 0 radical (unpaired) electrons. The molecule has 1 amide bonds. The molecule has 1 fully saturated rings. The van der Waals surface area contributed by atoms with Crippen molar-refractivity contribution in [2.24, 2.45) is 5.73 Å². The van der Waals surface area contributed by atoms with Crippen molar-refractivity contribution in [3.8, 4) is 11.8 Å². The number of nitrogens with one attached hydrogen (secondary N) is 1. The van der Waals surface area contributed by atoms with Gasteiger partial charge in [0, 0.05) is 17.7 Å². The van der Waals surface area contributed by atoms with Crippen molar-refractivity contribution < 1.29 is 9.53 Å². The van der Waals surface area contributed by atoms with Crippen molar-refractivity contribution in [3.63, 3.8) is 0 Å². The van der Waals surface area contributed by atoms with E-state index in [4.69, 9.17) is 10.5 Å². The van der Waals surface area contributed by atoms with E-state index in [0.29, 0.717) is 25.3 Å². The van der Waals surface area contributed by atoms with E-state index >= 15 is 0 Å². The van der Waals surface area contributed by atoms with Crippen molar-refractivity contribution in [3.05, 3.63) is 35.4 Å². The molecule has 19 heavy (non-hydrogen) atoms. The normalized spacial score (nSPS) is 21.6. The van der Waals surface area contributed by atoms with Gasteiger partial charge in [-0.3, -0.25) is 4.79 Å². The van der Waals surface area contributed by atoms with E-state index in [1.165, 1.54) is 0 Å². The van der Waals surface area contributed by atoms with Crippen molar-refractivity contribution in [1.82, 2.24) is 5.32 Å². The van der Waals surface area contributed by atoms with Crippen LogP contribution >= 0.6 is 0 Å². The number of hydrogen-bond donors (Lipinski definition) is 2. The van der Waals surface area contributed by atoms with Gasteiger partial charge in [-0.2, -0.15) is 0 Å². The van der Waals surface area contributed by atoms with Crippen LogP contribution in [0.4, 0.5) is 0 Å². The second-order valence-electron chi connectivity index (χ2n) is 4.90. The number of benzene rings is 1. The molecule has 1 aromatic carbocycles. The number of nitrogens with two attached hydrogens (primary N) is 1. The fourth-order valence-electron chi connectivity index (χ4n) is 2.00. The van der Waals surface area contributed by atoms with Crippen molar-refractivity contribution in [1.29, 1.82) is 0 Å². The van der Waals surface area contributed by atoms with Gasteiger partial charge in [-0.25, -0.2) is 0 Å². The first-order valence-electron chi connectivity index (χ1n) is 6.32. The van der Waals surface area contributed by atoms with E-state index in [1.54, 1.807) is 12.1 Å². The molecular weight excluding hydrogens is 240 g/mol. The van der Waals surface area contributed by atoms with Gasteiger partial charge in [-0.1, -0.05) is 17.9 Å². The van der Waals surface area contributed by atoms with E-state index < -0.39 is 0 Å². The average molecular weight is 258 g/mol. The molecule has 1 aliphatic heterocycles. The number of hydrogen-bond acceptors (Lipinski definition) is 3. The highest BCUT2D eigenvalue weighted by atomic mass is 16.5. The van der Waals surface area contributed by atoms with Crippen LogP contribution in [0.25, 0.3) is 0 Å². The Morgan fingerprint density at radius 3 is 3.11 bits per heavy atom. The first kappa shape index (κ1) is 13.6. The second kappa shape index (κ2) is 5.87. The Morgan fingerprint density at radius 2 is 2.42 bits per heavy atom. The van der Waals surface area contributed by atoms with Crippen LogP contribution in [0.1, 0.15) is 29.3 Å². The number of rotatable bonds is 2. The molecule has 4 heteroatoms. The van der Waals surface area contributed by atoms with Gasteiger partial charge >= 0.3 is 0 Å². The summed E-state index contributed by atoms with van der Waals surface area (Å²) in [5.74, 6) is 5.61. The molecule has 1 heterocycles. The fourth-order valence-corrected chi connectivity index (χ4v) is 2.00. The molecule has 0 saturated carbocycles. The lowest BCUT2D eigenvalue weighted by Crippen LogP contribution is -2.46. The van der Waals surface area contributed by atoms with Crippen LogP contribution in [0.3, 0.4) is 0 Å². The van der Waals surface area contributed by atoms with E-state index in [0.717, 1.165) is 12.0 Å². The van der Waals surface area contributed by atoms with Gasteiger partial charge in [0.25, 0.3) is 5.91 Å². The Kier molecular flexibility index (Phi) is 4.20. The Bertz CT molecular complexity index is 522. The molecule has 1 saturated heterocycles. The Morgan fingerprint density at radius 1 is 1.58 bits per heavy atom. The summed E-state index contributed by atoms with van der Waals surface area (Å²) in [4.78, 5) is 12.2. The molecule has 0 spiro atoms. The smallest absolute Gasteiger partial charge is 0.251 e. The lowest BCUT2D eigenvalue weighted by molar-refractivity contribution is 0.0890. The predicted octanol–water partition coefficient (Wildman–Crippen LogP) is 0.906. The molecule has 3 N–H and O–H groups in total. The third kappa shape index (κ3) is 3.57. The molecular formula is C15H18N2O2. The zero-order valence-corrected chi connectivity index (χ0v) is 11.0. The van der Waals surface area contributed by atoms with Gasteiger partial charge in [0.1, 0.15) is 0 Å². The zero-order valence-electron chi connectivity index (χ0n) is 11.0. The first-order valence-corrected chi connectivity index (χ1v) is 6.32. The van der Waals surface area contributed by atoms with Gasteiger partial charge in [0.05, 0.1) is 18.7 Å². The topological polar surface area (TPSA) is 64.4 Å². The molecule has 4 nitrogen and oxygen atoms in total. The Hall–Kier alpha value is -1.83. The number of amides is 1. The predicted molar refractivity (Wildman–Crippen MR) is 73.7 cm³/mol. The van der Waals surface area contributed by atoms with E-state index in [9.17, 15) is 4.79 Å². The van der Waals surface area contributed by atoms with Gasteiger partial charge in [-0.05, 0) is 31.5 Å². The summed E-state index contributed by atoms with van der Waals surface area (Å²) in [6.07, 6.45) is 0.839. The zero-order chi connectivity index (χ0) is 13.7. The maximum atomic E-state index is 12.2. The highest BCUT2D eigenvalue weighted by Crippen LogP contribution is 2.18. The number of carbonyl (C=O) groups excluding carboxylic acids is 1. The van der Waals surface area contributed by atoms with Crippen molar-refractivity contribution >= 4 is 5.91 Å². The summed E-state index contributed by atoms with van der Waals surface area (Å²) in [5, 5.41) is 3.02. The summed E-state index contributed by atoms with van der Waals surface area (Å²) >= 11 is 0. The first-order chi connectivity index (χ1) is 9.13. The van der Waals surface area contributed by atoms with E-state index in [2.05, 4.69) is 17.2 Å². The SMILES string of the molecule is CC1(NC(=O)c2cccc(C#CCN)c2)CCOC1. The molecule has 0 aromatic heterocycles. The summed E-state index contributed by atoms with van der Waals surface area (Å²) in [5.41, 5.74) is 6.47. The maximum Gasteiger partial charge on any atom is 0.251 e. The van der Waals surface area contributed by atoms with Crippen LogP contribution < -0.4 is 11.1 Å². The fraction of sp³-hybridized carbons (Fsp3) is 0.400. The van der Waals surface area contributed by atoms with Crippen LogP contribution in [0.15, 0.2) is 24.3 Å². The molecule has 0 bridgehead atoms. The van der Waals surface area contributed by atoms with Crippen LogP contribution in [-0.2, 0) is 4.74 Å². The maximum absolute atomic E-state index is 12.2. The van der Waals surface area contributed by atoms with E-state index in [1.807, 2.05) is 19.1 Å². The molecule has 0 aliphatic carbocycles. The van der Waals surface area contributed by atoms with Crippen molar-refractivity contribution in [2.75, 3.05) is 19.8 Å². The highest BCUT2D eigenvalue weighted by molar-refractivity contribution is 5.95. The lowest BCUT2D eigenvalue weighted by Gasteiger charge is -2.23. The van der Waals surface area contributed by atoms with Crippen LogP contribution in [0.2, 0.25) is 0 Å². The largest absolute Gasteiger partial charge is 0.379 e. The quantitative estimate of drug-likeness (QED) is 0.775. The summed E-state index contributed by atoms with van der Waals surface area (Å²) in [6.45, 7) is 3.56. The van der Waals surface area contributed by atoms with Gasteiger partial charge in [0.2, 0.25) is 0 Å². The van der Waals surface area contributed by atoms with Crippen LogP contribution in [-0.4, -0.2) is 31.2 Å². The molecule has 1 aromatic rings. The van der Waals surface area contributed by atoms with Crippen molar-refractivity contribution in [2.45, 2.75) is 18.9 Å². The summed E-state index contributed by atoms with van der Waals surface area (Å²) in [7, 11) is 0. The van der Waals surface area contributed by atoms with Gasteiger partial charge in [0.15, 0.2) is 0 Å². The number of ether oxygens (including phenoxy) is 1. The Labute approximate surface area is 113 Å². The molecule has 1 aliphatic rings. The summed E-state index contributed by atoms with van der Waals surface area (Å²) in [6, 6.07) is 7.24. The molecule has 1 unspecified atom stereocenters. The Balaban J connectivity index is 2.10. The minimum Gasteiger partial charge on any atom is -0.379 e. The van der Waals surface area contributed by atoms with E-state index in [-0.39, 0.29) is 11.4 Å². The number of carbonyl (C=O) groups is 1. The minimum atomic E-state index is -0.268. The lowest BCUT2D eigenvalue weighted by atomic mass is 10.0. The third-order valence-corrected chi connectivity index (χ3v) is 3.09. The van der Waals surface area contributed by atoms with Crippen LogP contribution in [0, 0.1) is 11.8 Å². The average Bonchev–Trinajstić information content (AvgIpc) is 2.83. The minimum absolute atomic E-state index is 0.0931.